The molecule has 2 rings (SSSR count). The van der Waals surface area contributed by atoms with E-state index in [1.54, 1.807) is 0 Å². The quantitative estimate of drug-likeness (QED) is 0.833. The van der Waals surface area contributed by atoms with Gasteiger partial charge in [0.1, 0.15) is 0 Å². The predicted octanol–water partition coefficient (Wildman–Crippen LogP) is 2.46. The summed E-state index contributed by atoms with van der Waals surface area (Å²) in [5.74, 6) is 0.267. The van der Waals surface area contributed by atoms with Crippen LogP contribution in [0.2, 0.25) is 0 Å². The van der Waals surface area contributed by atoms with Crippen LogP contribution in [0.15, 0.2) is 24.3 Å². The zero-order valence-corrected chi connectivity index (χ0v) is 11.3. The lowest BCUT2D eigenvalue weighted by Gasteiger charge is -2.19. The van der Waals surface area contributed by atoms with Crippen molar-refractivity contribution in [1.82, 2.24) is 4.90 Å². The Morgan fingerprint density at radius 1 is 1.44 bits per heavy atom. The lowest BCUT2D eigenvalue weighted by molar-refractivity contribution is -0.130. The van der Waals surface area contributed by atoms with Crippen LogP contribution < -0.4 is 5.73 Å². The number of amides is 1. The molecule has 0 unspecified atom stereocenters. The summed E-state index contributed by atoms with van der Waals surface area (Å²) < 4.78 is 0. The Bertz CT molecular complexity index is 440. The van der Waals surface area contributed by atoms with Gasteiger partial charge in [0.15, 0.2) is 0 Å². The third-order valence-electron chi connectivity index (χ3n) is 3.61. The first-order chi connectivity index (χ1) is 8.46. The molecular formula is C15H22N2O. The van der Waals surface area contributed by atoms with E-state index >= 15 is 0 Å². The fraction of sp³-hybridized carbons (Fsp3) is 0.533. The maximum Gasteiger partial charge on any atom is 0.222 e. The molecule has 1 fully saturated rings. The minimum absolute atomic E-state index is 0.267. The smallest absolute Gasteiger partial charge is 0.222 e. The molecule has 3 heteroatoms. The number of nitrogens with two attached hydrogens (primary N) is 1. The largest absolute Gasteiger partial charge is 0.399 e. The summed E-state index contributed by atoms with van der Waals surface area (Å²) in [4.78, 5) is 14.1. The van der Waals surface area contributed by atoms with Crippen molar-refractivity contribution >= 4 is 11.6 Å². The Balaban J connectivity index is 1.86. The van der Waals surface area contributed by atoms with Gasteiger partial charge in [-0.2, -0.15) is 0 Å². The fourth-order valence-corrected chi connectivity index (χ4v) is 2.48. The highest BCUT2D eigenvalue weighted by atomic mass is 16.2. The first kappa shape index (κ1) is 12.9. The summed E-state index contributed by atoms with van der Waals surface area (Å²) in [6, 6.07) is 7.78. The fourth-order valence-electron chi connectivity index (χ4n) is 2.48. The van der Waals surface area contributed by atoms with Crippen molar-refractivity contribution in [2.45, 2.75) is 33.1 Å². The number of carbonyl (C=O) groups is 1. The van der Waals surface area contributed by atoms with E-state index in [0.717, 1.165) is 37.2 Å². The average molecular weight is 246 g/mol. The minimum Gasteiger partial charge on any atom is -0.399 e. The number of hydrogen-bond donors (Lipinski definition) is 1. The third kappa shape index (κ3) is 3.25. The summed E-state index contributed by atoms with van der Waals surface area (Å²) >= 11 is 0. The highest BCUT2D eigenvalue weighted by molar-refractivity contribution is 5.76. The predicted molar refractivity (Wildman–Crippen MR) is 74.2 cm³/mol. The molecule has 0 radical (unpaired) electrons. The number of hydrogen-bond acceptors (Lipinski definition) is 2. The van der Waals surface area contributed by atoms with Crippen molar-refractivity contribution in [1.29, 1.82) is 0 Å². The molecule has 18 heavy (non-hydrogen) atoms. The summed E-state index contributed by atoms with van der Waals surface area (Å²) in [7, 11) is 0. The number of carbonyl (C=O) groups excluding carboxylic acids is 1. The van der Waals surface area contributed by atoms with Crippen LogP contribution >= 0.6 is 0 Å². The molecule has 1 aromatic carbocycles. The van der Waals surface area contributed by atoms with E-state index in [1.165, 1.54) is 0 Å². The van der Waals surface area contributed by atoms with Crippen molar-refractivity contribution in [3.8, 4) is 0 Å². The topological polar surface area (TPSA) is 46.3 Å². The van der Waals surface area contributed by atoms with Crippen molar-refractivity contribution in [2.24, 2.45) is 5.41 Å². The number of likely N-dealkylation sites (tertiary alicyclic amines) is 1. The average Bonchev–Trinajstić information content (AvgIpc) is 2.67. The Kier molecular flexibility index (Phi) is 3.60. The maximum atomic E-state index is 12.1. The number of benzene rings is 1. The first-order valence-electron chi connectivity index (χ1n) is 6.58. The monoisotopic (exact) mass is 246 g/mol. The molecule has 0 bridgehead atoms. The molecule has 1 aliphatic heterocycles. The number of aryl methyl sites for hydroxylation is 1. The van der Waals surface area contributed by atoms with E-state index < -0.39 is 0 Å². The van der Waals surface area contributed by atoms with Gasteiger partial charge in [-0.1, -0.05) is 26.0 Å². The normalized spacial score (nSPS) is 18.0. The van der Waals surface area contributed by atoms with Crippen molar-refractivity contribution in [3.63, 3.8) is 0 Å². The van der Waals surface area contributed by atoms with Gasteiger partial charge in [0.25, 0.3) is 0 Å². The summed E-state index contributed by atoms with van der Waals surface area (Å²) in [5.41, 5.74) is 7.92. The molecule has 0 saturated carbocycles. The lowest BCUT2D eigenvalue weighted by atomic mass is 9.93. The minimum atomic E-state index is 0.267. The van der Waals surface area contributed by atoms with E-state index in [4.69, 9.17) is 5.73 Å². The van der Waals surface area contributed by atoms with E-state index in [2.05, 4.69) is 13.8 Å². The van der Waals surface area contributed by atoms with Crippen LogP contribution in [0.3, 0.4) is 0 Å². The zero-order chi connectivity index (χ0) is 13.2. The van der Waals surface area contributed by atoms with E-state index in [9.17, 15) is 4.79 Å². The van der Waals surface area contributed by atoms with Crippen LogP contribution in [-0.4, -0.2) is 23.9 Å². The van der Waals surface area contributed by atoms with Crippen molar-refractivity contribution < 1.29 is 4.79 Å². The van der Waals surface area contributed by atoms with Crippen LogP contribution in [0.4, 0.5) is 5.69 Å². The second kappa shape index (κ2) is 5.01. The van der Waals surface area contributed by atoms with Gasteiger partial charge in [-0.25, -0.2) is 0 Å². The Hall–Kier alpha value is -1.51. The molecule has 1 saturated heterocycles. The van der Waals surface area contributed by atoms with Crippen LogP contribution in [-0.2, 0) is 11.2 Å². The molecule has 2 N–H and O–H groups in total. The molecule has 1 aromatic rings. The number of nitrogens with zero attached hydrogens (tertiary/aromatic N) is 1. The van der Waals surface area contributed by atoms with Gasteiger partial charge >= 0.3 is 0 Å². The Morgan fingerprint density at radius 3 is 2.83 bits per heavy atom. The van der Waals surface area contributed by atoms with Crippen molar-refractivity contribution in [3.05, 3.63) is 29.8 Å². The summed E-state index contributed by atoms with van der Waals surface area (Å²) in [6.45, 7) is 6.24. The first-order valence-corrected chi connectivity index (χ1v) is 6.58. The molecule has 3 nitrogen and oxygen atoms in total. The summed E-state index contributed by atoms with van der Waals surface area (Å²) in [5, 5.41) is 0. The van der Waals surface area contributed by atoms with Gasteiger partial charge in [0.2, 0.25) is 5.91 Å². The second-order valence-corrected chi connectivity index (χ2v) is 5.97. The standard InChI is InChI=1S/C15H22N2O/c1-15(2)8-9-17(11-15)14(18)7-6-12-4-3-5-13(16)10-12/h3-5,10H,6-9,11,16H2,1-2H3. The molecule has 0 atom stereocenters. The molecular weight excluding hydrogens is 224 g/mol. The van der Waals surface area contributed by atoms with Crippen LogP contribution in [0.1, 0.15) is 32.3 Å². The van der Waals surface area contributed by atoms with Crippen LogP contribution in [0.25, 0.3) is 0 Å². The SMILES string of the molecule is CC1(C)CCN(C(=O)CCc2cccc(N)c2)C1. The molecule has 0 aromatic heterocycles. The lowest BCUT2D eigenvalue weighted by Crippen LogP contribution is -2.30. The van der Waals surface area contributed by atoms with E-state index in [0.29, 0.717) is 6.42 Å². The molecule has 1 aliphatic rings. The van der Waals surface area contributed by atoms with Gasteiger partial charge < -0.3 is 10.6 Å². The van der Waals surface area contributed by atoms with Gasteiger partial charge in [-0.05, 0) is 36.0 Å². The number of nitrogen functional groups attached to an aromatic ring is 1. The second-order valence-electron chi connectivity index (χ2n) is 5.97. The van der Waals surface area contributed by atoms with E-state index in [1.807, 2.05) is 29.2 Å². The highest BCUT2D eigenvalue weighted by Crippen LogP contribution is 2.29. The van der Waals surface area contributed by atoms with E-state index in [-0.39, 0.29) is 11.3 Å². The van der Waals surface area contributed by atoms with Gasteiger partial charge in [0.05, 0.1) is 0 Å². The molecule has 0 spiro atoms. The van der Waals surface area contributed by atoms with Crippen LogP contribution in [0, 0.1) is 5.41 Å². The van der Waals surface area contributed by atoms with Crippen LogP contribution in [0.5, 0.6) is 0 Å². The molecule has 0 aliphatic carbocycles. The Labute approximate surface area is 109 Å². The molecule has 98 valence electrons. The molecule has 1 amide bonds. The molecule has 1 heterocycles. The van der Waals surface area contributed by atoms with Gasteiger partial charge in [-0.15, -0.1) is 0 Å². The number of rotatable bonds is 3. The maximum absolute atomic E-state index is 12.1. The third-order valence-corrected chi connectivity index (χ3v) is 3.61. The van der Waals surface area contributed by atoms with Crippen molar-refractivity contribution in [2.75, 3.05) is 18.8 Å². The van der Waals surface area contributed by atoms with Gasteiger partial charge in [-0.3, -0.25) is 4.79 Å². The summed E-state index contributed by atoms with van der Waals surface area (Å²) in [6.07, 6.45) is 2.47. The highest BCUT2D eigenvalue weighted by Gasteiger charge is 2.31. The number of anilines is 1. The van der Waals surface area contributed by atoms with Gasteiger partial charge in [0, 0.05) is 25.2 Å². The Morgan fingerprint density at radius 2 is 2.22 bits per heavy atom. The zero-order valence-electron chi connectivity index (χ0n) is 11.3.